The van der Waals surface area contributed by atoms with Gasteiger partial charge in [0.15, 0.2) is 0 Å². The van der Waals surface area contributed by atoms with E-state index in [1.165, 1.54) is 121 Å². The van der Waals surface area contributed by atoms with E-state index in [9.17, 15) is 0 Å². The number of rotatable bonds is 6. The summed E-state index contributed by atoms with van der Waals surface area (Å²) in [7, 11) is 0. The summed E-state index contributed by atoms with van der Waals surface area (Å²) in [6.45, 7) is 0. The van der Waals surface area contributed by atoms with Gasteiger partial charge in [-0.1, -0.05) is 224 Å². The lowest BCUT2D eigenvalue weighted by Crippen LogP contribution is -1.94. The van der Waals surface area contributed by atoms with Crippen molar-refractivity contribution in [2.24, 2.45) is 0 Å². The van der Waals surface area contributed by atoms with Crippen LogP contribution in [0.5, 0.6) is 0 Å². The van der Waals surface area contributed by atoms with E-state index in [0.717, 1.165) is 0 Å². The number of benzene rings is 12. The molecule has 0 spiro atoms. The van der Waals surface area contributed by atoms with Crippen LogP contribution in [0.2, 0.25) is 0 Å². The number of hydrogen-bond acceptors (Lipinski definition) is 0. The van der Waals surface area contributed by atoms with Crippen LogP contribution in [0.4, 0.5) is 0 Å². The largest absolute Gasteiger partial charge is 0.0622 e. The normalized spacial score (nSPS) is 11.5. The summed E-state index contributed by atoms with van der Waals surface area (Å²) in [6, 6.07) is 89.4. The number of fused-ring (bicyclic) bond motifs is 5. The molecule has 0 radical (unpaired) electrons. The Labute approximate surface area is 361 Å². The summed E-state index contributed by atoms with van der Waals surface area (Å²) in [5.41, 5.74) is 14.8. The van der Waals surface area contributed by atoms with E-state index >= 15 is 0 Å². The third kappa shape index (κ3) is 6.08. The monoisotopic (exact) mass is 784 g/mol. The SMILES string of the molecule is c1ccc(-c2c(-c3c4ccccc4c(-c4cccc(-c5ccc6ccccc6c5)c4)c4ccccc34)ccc3cc(-c4ccc(-c5cccc6ccccc56)cc4)ccc23)cc1. The molecule has 0 bridgehead atoms. The highest BCUT2D eigenvalue weighted by atomic mass is 14.2. The van der Waals surface area contributed by atoms with Crippen molar-refractivity contribution in [2.75, 3.05) is 0 Å². The molecule has 0 heteroatoms. The van der Waals surface area contributed by atoms with Gasteiger partial charge in [-0.05, 0) is 139 Å². The molecule has 0 nitrogen and oxygen atoms in total. The maximum Gasteiger partial charge on any atom is -0.00199 e. The third-order valence-electron chi connectivity index (χ3n) is 12.8. The van der Waals surface area contributed by atoms with Crippen molar-refractivity contribution in [3.8, 4) is 66.8 Å². The molecule has 0 aromatic heterocycles. The Morgan fingerprint density at radius 3 is 1.40 bits per heavy atom. The molecule has 12 rings (SSSR count). The first-order chi connectivity index (χ1) is 30.7. The molecule has 62 heavy (non-hydrogen) atoms. The standard InChI is InChI=1S/C62H40/c1-2-16-45(17-3-1)60-54-36-34-48(42-28-31-44(32-29-42)53-27-13-19-43-15-6-7-22-52(43)53)39-50(54)35-37-59(60)62-57-25-10-8-23-55(57)61(56-24-9-11-26-58(56)62)51-21-12-20-47(40-51)49-33-30-41-14-4-5-18-46(41)38-49/h1-40H. The van der Waals surface area contributed by atoms with Gasteiger partial charge in [0, 0.05) is 0 Å². The Kier molecular flexibility index (Phi) is 8.61. The minimum atomic E-state index is 1.21. The van der Waals surface area contributed by atoms with Crippen molar-refractivity contribution in [1.29, 1.82) is 0 Å². The van der Waals surface area contributed by atoms with Gasteiger partial charge in [-0.2, -0.15) is 0 Å². The van der Waals surface area contributed by atoms with Crippen molar-refractivity contribution in [2.45, 2.75) is 0 Å². The first-order valence-electron chi connectivity index (χ1n) is 21.5. The van der Waals surface area contributed by atoms with Gasteiger partial charge in [0.2, 0.25) is 0 Å². The fourth-order valence-corrected chi connectivity index (χ4v) is 9.91. The fraction of sp³-hybridized carbons (Fsp3) is 0. The zero-order valence-corrected chi connectivity index (χ0v) is 34.1. The van der Waals surface area contributed by atoms with Gasteiger partial charge in [-0.3, -0.25) is 0 Å². The van der Waals surface area contributed by atoms with Crippen molar-refractivity contribution in [1.82, 2.24) is 0 Å². The molecule has 0 heterocycles. The smallest absolute Gasteiger partial charge is 0.00199 e. The molecule has 0 saturated carbocycles. The molecule has 0 aliphatic rings. The van der Waals surface area contributed by atoms with E-state index in [4.69, 9.17) is 0 Å². The Balaban J connectivity index is 1.02. The fourth-order valence-electron chi connectivity index (χ4n) is 9.91. The van der Waals surface area contributed by atoms with E-state index < -0.39 is 0 Å². The van der Waals surface area contributed by atoms with Crippen LogP contribution in [0, 0.1) is 0 Å². The minimum absolute atomic E-state index is 1.21. The molecule has 0 amide bonds. The Bertz CT molecular complexity index is 3610. The van der Waals surface area contributed by atoms with E-state index in [2.05, 4.69) is 243 Å². The molecule has 12 aromatic rings. The first-order valence-corrected chi connectivity index (χ1v) is 21.5. The van der Waals surface area contributed by atoms with Crippen molar-refractivity contribution in [3.63, 3.8) is 0 Å². The zero-order valence-electron chi connectivity index (χ0n) is 34.1. The third-order valence-corrected chi connectivity index (χ3v) is 12.8. The highest BCUT2D eigenvalue weighted by Gasteiger charge is 2.21. The molecule has 0 fully saturated rings. The van der Waals surface area contributed by atoms with Gasteiger partial charge in [0.1, 0.15) is 0 Å². The lowest BCUT2D eigenvalue weighted by Gasteiger charge is -2.21. The lowest BCUT2D eigenvalue weighted by molar-refractivity contribution is 1.61. The van der Waals surface area contributed by atoms with Gasteiger partial charge in [-0.15, -0.1) is 0 Å². The van der Waals surface area contributed by atoms with Crippen molar-refractivity contribution < 1.29 is 0 Å². The molecular formula is C62H40. The maximum absolute atomic E-state index is 2.37. The van der Waals surface area contributed by atoms with Crippen molar-refractivity contribution in [3.05, 3.63) is 243 Å². The summed E-state index contributed by atoms with van der Waals surface area (Å²) in [6.07, 6.45) is 0. The van der Waals surface area contributed by atoms with Crippen LogP contribution in [0.3, 0.4) is 0 Å². The second-order valence-electron chi connectivity index (χ2n) is 16.4. The molecule has 0 aliphatic heterocycles. The predicted molar refractivity (Wildman–Crippen MR) is 267 cm³/mol. The predicted octanol–water partition coefficient (Wildman–Crippen LogP) is 17.5. The Morgan fingerprint density at radius 1 is 0.161 bits per heavy atom. The number of hydrogen-bond donors (Lipinski definition) is 0. The quantitative estimate of drug-likeness (QED) is 0.147. The summed E-state index contributed by atoms with van der Waals surface area (Å²) >= 11 is 0. The summed E-state index contributed by atoms with van der Waals surface area (Å²) < 4.78 is 0. The highest BCUT2D eigenvalue weighted by molar-refractivity contribution is 6.24. The second-order valence-corrected chi connectivity index (χ2v) is 16.4. The highest BCUT2D eigenvalue weighted by Crippen LogP contribution is 2.48. The van der Waals surface area contributed by atoms with Crippen LogP contribution in [0.15, 0.2) is 243 Å². The van der Waals surface area contributed by atoms with Gasteiger partial charge in [-0.25, -0.2) is 0 Å². The van der Waals surface area contributed by atoms with E-state index in [1.807, 2.05) is 0 Å². The van der Waals surface area contributed by atoms with Crippen LogP contribution in [-0.2, 0) is 0 Å². The second kappa shape index (κ2) is 14.9. The van der Waals surface area contributed by atoms with Gasteiger partial charge in [0.25, 0.3) is 0 Å². The Hall–Kier alpha value is -8.06. The van der Waals surface area contributed by atoms with E-state index in [0.29, 0.717) is 0 Å². The lowest BCUT2D eigenvalue weighted by atomic mass is 9.82. The average molecular weight is 785 g/mol. The van der Waals surface area contributed by atoms with E-state index in [-0.39, 0.29) is 0 Å². The molecule has 0 saturated heterocycles. The van der Waals surface area contributed by atoms with Gasteiger partial charge in [0.05, 0.1) is 0 Å². The van der Waals surface area contributed by atoms with Gasteiger partial charge >= 0.3 is 0 Å². The molecule has 12 aromatic carbocycles. The first kappa shape index (κ1) is 35.8. The van der Waals surface area contributed by atoms with Gasteiger partial charge < -0.3 is 0 Å². The minimum Gasteiger partial charge on any atom is -0.0622 e. The van der Waals surface area contributed by atoms with Crippen LogP contribution in [-0.4, -0.2) is 0 Å². The molecule has 0 aliphatic carbocycles. The average Bonchev–Trinajstić information content (AvgIpc) is 3.35. The van der Waals surface area contributed by atoms with Crippen LogP contribution < -0.4 is 0 Å². The summed E-state index contributed by atoms with van der Waals surface area (Å²) in [5.74, 6) is 0. The van der Waals surface area contributed by atoms with Crippen molar-refractivity contribution >= 4 is 53.9 Å². The molecule has 0 atom stereocenters. The summed E-state index contributed by atoms with van der Waals surface area (Å²) in [5, 5.41) is 12.5. The summed E-state index contributed by atoms with van der Waals surface area (Å²) in [4.78, 5) is 0. The zero-order chi connectivity index (χ0) is 41.0. The maximum atomic E-state index is 2.37. The topological polar surface area (TPSA) is 0 Å². The van der Waals surface area contributed by atoms with E-state index in [1.54, 1.807) is 0 Å². The molecular weight excluding hydrogens is 745 g/mol. The Morgan fingerprint density at radius 2 is 0.645 bits per heavy atom. The molecule has 0 N–H and O–H groups in total. The molecule has 288 valence electrons. The van der Waals surface area contributed by atoms with Crippen LogP contribution in [0.25, 0.3) is 121 Å². The van der Waals surface area contributed by atoms with Crippen LogP contribution >= 0.6 is 0 Å². The van der Waals surface area contributed by atoms with Crippen LogP contribution in [0.1, 0.15) is 0 Å². The molecule has 0 unspecified atom stereocenters.